The number of carbonyl (C=O) groups is 1. The van der Waals surface area contributed by atoms with Crippen LogP contribution in [0.15, 0.2) is 24.3 Å². The number of benzene rings is 1. The van der Waals surface area contributed by atoms with Gasteiger partial charge in [0.2, 0.25) is 5.91 Å². The molecule has 2 atom stereocenters. The zero-order valence-corrected chi connectivity index (χ0v) is 14.9. The molecule has 1 amide bonds. The molecule has 128 valence electrons. The zero-order valence-electron chi connectivity index (χ0n) is 14.0. The van der Waals surface area contributed by atoms with Gasteiger partial charge in [-0.2, -0.15) is 0 Å². The van der Waals surface area contributed by atoms with Crippen molar-refractivity contribution >= 4 is 15.7 Å². The molecule has 6 heteroatoms. The Hall–Kier alpha value is -1.43. The van der Waals surface area contributed by atoms with Gasteiger partial charge in [0.1, 0.15) is 15.7 Å². The van der Waals surface area contributed by atoms with Crippen molar-refractivity contribution in [1.29, 1.82) is 0 Å². The Morgan fingerprint density at radius 2 is 1.91 bits per heavy atom. The molecule has 0 saturated heterocycles. The van der Waals surface area contributed by atoms with E-state index in [1.54, 1.807) is 23.1 Å². The Morgan fingerprint density at radius 3 is 2.43 bits per heavy atom. The van der Waals surface area contributed by atoms with E-state index in [2.05, 4.69) is 0 Å². The van der Waals surface area contributed by atoms with Gasteiger partial charge in [0.15, 0.2) is 0 Å². The fourth-order valence-electron chi connectivity index (χ4n) is 2.82. The molecule has 0 bridgehead atoms. The largest absolute Gasteiger partial charge is 0.337 e. The van der Waals surface area contributed by atoms with Gasteiger partial charge in [0.05, 0.1) is 5.75 Å². The van der Waals surface area contributed by atoms with Crippen LogP contribution in [0.1, 0.15) is 38.7 Å². The van der Waals surface area contributed by atoms with E-state index in [1.807, 2.05) is 20.8 Å². The molecule has 4 nitrogen and oxygen atoms in total. The summed E-state index contributed by atoms with van der Waals surface area (Å²) in [7, 11) is -3.14. The van der Waals surface area contributed by atoms with Crippen molar-refractivity contribution in [2.45, 2.75) is 38.6 Å². The number of sulfone groups is 1. The minimum absolute atomic E-state index is 0.0624. The van der Waals surface area contributed by atoms with E-state index >= 15 is 0 Å². The van der Waals surface area contributed by atoms with Crippen LogP contribution in [0.3, 0.4) is 0 Å². The molecule has 1 saturated carbocycles. The highest BCUT2D eigenvalue weighted by Gasteiger charge is 2.48. The van der Waals surface area contributed by atoms with Gasteiger partial charge in [0.25, 0.3) is 0 Å². The van der Waals surface area contributed by atoms with Crippen molar-refractivity contribution in [3.63, 3.8) is 0 Å². The summed E-state index contributed by atoms with van der Waals surface area (Å²) in [6.45, 7) is 5.82. The van der Waals surface area contributed by atoms with Gasteiger partial charge in [0, 0.05) is 24.3 Å². The second-order valence-electron chi connectivity index (χ2n) is 7.26. The molecule has 0 unspecified atom stereocenters. The number of rotatable bonds is 5. The lowest BCUT2D eigenvalue weighted by molar-refractivity contribution is -0.137. The van der Waals surface area contributed by atoms with Crippen LogP contribution in [0.2, 0.25) is 0 Å². The topological polar surface area (TPSA) is 54.5 Å². The zero-order chi connectivity index (χ0) is 17.4. The molecule has 1 fully saturated rings. The molecule has 1 aromatic carbocycles. The first kappa shape index (κ1) is 17.9. The maximum Gasteiger partial charge on any atom is 0.226 e. The van der Waals surface area contributed by atoms with Crippen molar-refractivity contribution < 1.29 is 17.6 Å². The van der Waals surface area contributed by atoms with E-state index in [4.69, 9.17) is 0 Å². The Bertz CT molecular complexity index is 694. The first-order chi connectivity index (χ1) is 10.5. The van der Waals surface area contributed by atoms with Gasteiger partial charge < -0.3 is 4.90 Å². The normalized spacial score (nSPS) is 21.1. The summed E-state index contributed by atoms with van der Waals surface area (Å²) in [5, 5.41) is 0. The SMILES string of the molecule is CC(C)(C)N(CCS(C)(=O)=O)C(=O)[C@@H]1C[C@H]1c1ccccc1F. The average Bonchev–Trinajstić information content (AvgIpc) is 3.16. The van der Waals surface area contributed by atoms with Gasteiger partial charge in [-0.15, -0.1) is 0 Å². The predicted octanol–water partition coefficient (Wildman–Crippen LogP) is 2.60. The van der Waals surface area contributed by atoms with Crippen LogP contribution in [0.25, 0.3) is 0 Å². The maximum absolute atomic E-state index is 13.9. The Morgan fingerprint density at radius 1 is 1.30 bits per heavy atom. The van der Waals surface area contributed by atoms with Crippen LogP contribution in [0, 0.1) is 11.7 Å². The van der Waals surface area contributed by atoms with E-state index in [9.17, 15) is 17.6 Å². The van der Waals surface area contributed by atoms with Gasteiger partial charge in [-0.25, -0.2) is 12.8 Å². The fraction of sp³-hybridized carbons (Fsp3) is 0.588. The van der Waals surface area contributed by atoms with Gasteiger partial charge >= 0.3 is 0 Å². The van der Waals surface area contributed by atoms with Crippen LogP contribution < -0.4 is 0 Å². The van der Waals surface area contributed by atoms with E-state index in [0.29, 0.717) is 12.0 Å². The molecule has 0 heterocycles. The summed E-state index contributed by atoms with van der Waals surface area (Å²) >= 11 is 0. The van der Waals surface area contributed by atoms with Crippen molar-refractivity contribution in [2.75, 3.05) is 18.6 Å². The molecular formula is C17H24FNO3S. The van der Waals surface area contributed by atoms with Crippen LogP contribution in [0.4, 0.5) is 4.39 Å². The van der Waals surface area contributed by atoms with Gasteiger partial charge in [-0.3, -0.25) is 4.79 Å². The standard InChI is InChI=1S/C17H24FNO3S/c1-17(2,3)19(9-10-23(4,21)22)16(20)14-11-13(14)12-7-5-6-8-15(12)18/h5-8,13-14H,9-11H2,1-4H3/t13-,14+/m0/s1. The van der Waals surface area contributed by atoms with Crippen LogP contribution in [-0.4, -0.2) is 43.3 Å². The molecule has 1 aliphatic rings. The molecule has 0 aromatic heterocycles. The first-order valence-corrected chi connectivity index (χ1v) is 9.80. The third-order valence-corrected chi connectivity index (χ3v) is 5.10. The highest BCUT2D eigenvalue weighted by atomic mass is 32.2. The van der Waals surface area contributed by atoms with Gasteiger partial charge in [-0.1, -0.05) is 18.2 Å². The summed E-state index contributed by atoms with van der Waals surface area (Å²) in [6.07, 6.45) is 1.78. The van der Waals surface area contributed by atoms with Crippen molar-refractivity contribution in [3.05, 3.63) is 35.6 Å². The third-order valence-electron chi connectivity index (χ3n) is 4.17. The number of carbonyl (C=O) groups excluding carboxylic acids is 1. The minimum Gasteiger partial charge on any atom is -0.337 e. The molecule has 2 rings (SSSR count). The third kappa shape index (κ3) is 4.53. The van der Waals surface area contributed by atoms with Crippen molar-refractivity contribution in [2.24, 2.45) is 5.92 Å². The average molecular weight is 341 g/mol. The Kier molecular flexibility index (Phi) is 4.85. The van der Waals surface area contributed by atoms with E-state index in [1.165, 1.54) is 6.07 Å². The van der Waals surface area contributed by atoms with E-state index in [0.717, 1.165) is 6.26 Å². The minimum atomic E-state index is -3.14. The van der Waals surface area contributed by atoms with Gasteiger partial charge in [-0.05, 0) is 44.7 Å². The van der Waals surface area contributed by atoms with Crippen LogP contribution in [0.5, 0.6) is 0 Å². The summed E-state index contributed by atoms with van der Waals surface area (Å²) in [5.74, 6) is -0.800. The highest BCUT2D eigenvalue weighted by Crippen LogP contribution is 2.49. The number of amides is 1. The molecule has 1 aromatic rings. The lowest BCUT2D eigenvalue weighted by Crippen LogP contribution is -2.48. The monoisotopic (exact) mass is 341 g/mol. The highest BCUT2D eigenvalue weighted by molar-refractivity contribution is 7.90. The van der Waals surface area contributed by atoms with Crippen LogP contribution in [-0.2, 0) is 14.6 Å². The summed E-state index contributed by atoms with van der Waals surface area (Å²) in [5.41, 5.74) is 0.104. The van der Waals surface area contributed by atoms with Crippen molar-refractivity contribution in [3.8, 4) is 0 Å². The number of hydrogen-bond acceptors (Lipinski definition) is 3. The lowest BCUT2D eigenvalue weighted by atomic mass is 10.0. The summed E-state index contributed by atoms with van der Waals surface area (Å²) in [6, 6.07) is 6.51. The quantitative estimate of drug-likeness (QED) is 0.827. The predicted molar refractivity (Wildman–Crippen MR) is 88.4 cm³/mol. The fourth-order valence-corrected chi connectivity index (χ4v) is 3.34. The molecular weight excluding hydrogens is 317 g/mol. The number of halogens is 1. The van der Waals surface area contributed by atoms with E-state index < -0.39 is 15.4 Å². The van der Waals surface area contributed by atoms with Crippen LogP contribution >= 0.6 is 0 Å². The number of nitrogens with zero attached hydrogens (tertiary/aromatic N) is 1. The Balaban J connectivity index is 2.12. The Labute approximate surface area is 137 Å². The summed E-state index contributed by atoms with van der Waals surface area (Å²) < 4.78 is 36.7. The molecule has 0 spiro atoms. The van der Waals surface area contributed by atoms with E-state index in [-0.39, 0.29) is 35.9 Å². The maximum atomic E-state index is 13.9. The second-order valence-corrected chi connectivity index (χ2v) is 9.52. The molecule has 0 radical (unpaired) electrons. The molecule has 23 heavy (non-hydrogen) atoms. The molecule has 1 aliphatic carbocycles. The second kappa shape index (κ2) is 6.23. The smallest absolute Gasteiger partial charge is 0.226 e. The number of hydrogen-bond donors (Lipinski definition) is 0. The first-order valence-electron chi connectivity index (χ1n) is 7.74. The molecule has 0 N–H and O–H groups in total. The molecule has 0 aliphatic heterocycles. The van der Waals surface area contributed by atoms with Crippen molar-refractivity contribution in [1.82, 2.24) is 4.90 Å². The summed E-state index contributed by atoms with van der Waals surface area (Å²) in [4.78, 5) is 14.4. The lowest BCUT2D eigenvalue weighted by Gasteiger charge is -2.36.